The van der Waals surface area contributed by atoms with Gasteiger partial charge >= 0.3 is 0 Å². The number of hydrogen-bond acceptors (Lipinski definition) is 6. The molecule has 4 heterocycles. The minimum Gasteiger partial charge on any atom is -0.489 e. The molecule has 344 valence electrons. The monoisotopic (exact) mass is 896 g/mol. The van der Waals surface area contributed by atoms with E-state index in [2.05, 4.69) is 120 Å². The van der Waals surface area contributed by atoms with E-state index in [0.717, 1.165) is 93.6 Å². The second-order valence-corrected chi connectivity index (χ2v) is 21.2. The molecule has 13 rings (SSSR count). The Kier molecular flexibility index (Phi) is 11.3. The van der Waals surface area contributed by atoms with Gasteiger partial charge in [0.15, 0.2) is 0 Å². The summed E-state index contributed by atoms with van der Waals surface area (Å²) in [5.74, 6) is 4.17. The first-order valence-corrected chi connectivity index (χ1v) is 26.6. The van der Waals surface area contributed by atoms with E-state index in [1.807, 2.05) is 12.1 Å². The maximum absolute atomic E-state index is 7.14. The van der Waals surface area contributed by atoms with Crippen molar-refractivity contribution < 1.29 is 4.74 Å². The summed E-state index contributed by atoms with van der Waals surface area (Å²) in [5.41, 5.74) is 17.6. The van der Waals surface area contributed by atoms with E-state index < -0.39 is 0 Å². The van der Waals surface area contributed by atoms with Crippen LogP contribution in [-0.4, -0.2) is 35.1 Å². The minimum atomic E-state index is -0.194. The van der Waals surface area contributed by atoms with Gasteiger partial charge < -0.3 is 15.0 Å². The van der Waals surface area contributed by atoms with E-state index in [1.165, 1.54) is 90.6 Å². The molecule has 0 spiro atoms. The highest BCUT2D eigenvalue weighted by Crippen LogP contribution is 2.58. The van der Waals surface area contributed by atoms with Gasteiger partial charge in [-0.25, -0.2) is 9.98 Å². The normalized spacial score (nSPS) is 31.6. The minimum absolute atomic E-state index is 0.0100. The Labute approximate surface area is 404 Å². The first-order valence-electron chi connectivity index (χ1n) is 26.6. The molecule has 6 heteroatoms. The molecule has 0 aromatic heterocycles. The fourth-order valence-electron chi connectivity index (χ4n) is 13.9. The third kappa shape index (κ3) is 7.69. The number of ether oxygens (including phenoxy) is 1. The van der Waals surface area contributed by atoms with E-state index in [0.29, 0.717) is 5.92 Å². The van der Waals surface area contributed by atoms with Crippen LogP contribution in [0.2, 0.25) is 0 Å². The Morgan fingerprint density at radius 3 is 2.57 bits per heavy atom. The predicted octanol–water partition coefficient (Wildman–Crippen LogP) is 14.1. The average molecular weight is 896 g/mol. The molecule has 6 nitrogen and oxygen atoms in total. The van der Waals surface area contributed by atoms with Gasteiger partial charge in [0.2, 0.25) is 0 Å². The molecule has 2 aromatic rings. The Bertz CT molecular complexity index is 2780. The number of nitrogens with one attached hydrogen (secondary N) is 1. The quantitative estimate of drug-likeness (QED) is 0.269. The van der Waals surface area contributed by atoms with Crippen LogP contribution in [0.15, 0.2) is 169 Å². The van der Waals surface area contributed by atoms with E-state index in [9.17, 15) is 0 Å². The number of rotatable bonds is 8. The topological polar surface area (TPSA) is 61.6 Å². The molecule has 2 aromatic carbocycles. The van der Waals surface area contributed by atoms with E-state index in [4.69, 9.17) is 19.7 Å². The van der Waals surface area contributed by atoms with Gasteiger partial charge in [-0.05, 0) is 179 Å². The number of nitrogens with zero attached hydrogens (tertiary/aromatic N) is 4. The van der Waals surface area contributed by atoms with Crippen molar-refractivity contribution in [3.8, 4) is 5.75 Å². The SMILES string of the molecule is c1ccc(C2=NC(C3C=CCCC3)N=C(C3CC(C4=CC(C5=CC=CCC5)=C(C5=CCCCC5)CC4)C=NC3c3cccc4c3C3CC5=C(CC3O4)C3CC=CC=C3N5C3=CCCCC3)N2)cc#1. The van der Waals surface area contributed by atoms with Crippen LogP contribution < -0.4 is 10.1 Å². The summed E-state index contributed by atoms with van der Waals surface area (Å²) >= 11 is 0. The number of hydrogen-bond donors (Lipinski definition) is 1. The second-order valence-electron chi connectivity index (χ2n) is 21.2. The van der Waals surface area contributed by atoms with E-state index in [-0.39, 0.29) is 42.0 Å². The molecule has 1 N–H and O–H groups in total. The van der Waals surface area contributed by atoms with Gasteiger partial charge in [-0.15, -0.1) is 0 Å². The lowest BCUT2D eigenvalue weighted by atomic mass is 9.72. The Morgan fingerprint density at radius 2 is 1.74 bits per heavy atom. The lowest BCUT2D eigenvalue weighted by Crippen LogP contribution is -2.45. The van der Waals surface area contributed by atoms with Gasteiger partial charge in [-0.2, -0.15) is 0 Å². The summed E-state index contributed by atoms with van der Waals surface area (Å²) in [5, 5.41) is 3.92. The summed E-state index contributed by atoms with van der Waals surface area (Å²) in [6.45, 7) is 0. The standard InChI is InChI=1S/C62H65N5O/c1-6-19-40(20-7-1)47-34-33-44(35-50(47)41-21-8-2-9-22-41)45-36-53(62-65-60(42-23-10-3-11-24-42)64-61(66-62)43-25-12-4-13-26-43)59(63-39-45)49-30-18-32-56-58(49)52-37-55-51(38-57(52)68-56)48-29-16-17-31-54(48)67(55)46-27-14-5-15-28-46/h2,8,10,12,16-19,21,23,25-27,30-32,35,39,42,45,48,52-53,57,59-60H,1,3,5-7,9,11,14-15,20,22,24,28-29,33-34,36-38H2,(H,64,65,66). The molecule has 0 saturated carbocycles. The number of allylic oxidation sites excluding steroid dienone is 18. The summed E-state index contributed by atoms with van der Waals surface area (Å²) in [6.07, 6.45) is 50.5. The van der Waals surface area contributed by atoms with Crippen molar-refractivity contribution in [3.63, 3.8) is 0 Å². The highest BCUT2D eigenvalue weighted by Gasteiger charge is 2.50. The van der Waals surface area contributed by atoms with Crippen LogP contribution in [0.1, 0.15) is 151 Å². The highest BCUT2D eigenvalue weighted by atomic mass is 16.5. The van der Waals surface area contributed by atoms with Crippen molar-refractivity contribution in [2.24, 2.45) is 38.6 Å². The van der Waals surface area contributed by atoms with Crippen LogP contribution in [0.5, 0.6) is 5.75 Å². The third-order valence-electron chi connectivity index (χ3n) is 17.2. The van der Waals surface area contributed by atoms with Gasteiger partial charge in [-0.3, -0.25) is 4.99 Å². The molecule has 8 unspecified atom stereocenters. The summed E-state index contributed by atoms with van der Waals surface area (Å²) in [6, 6.07) is 19.2. The molecular formula is C62H65N5O. The zero-order chi connectivity index (χ0) is 45.0. The van der Waals surface area contributed by atoms with Gasteiger partial charge in [-0.1, -0.05) is 90.6 Å². The molecule has 0 saturated heterocycles. The molecule has 4 aliphatic heterocycles. The van der Waals surface area contributed by atoms with Crippen molar-refractivity contribution >= 4 is 17.9 Å². The fraction of sp³-hybridized carbons (Fsp3) is 0.435. The predicted molar refractivity (Wildman–Crippen MR) is 275 cm³/mol. The Morgan fingerprint density at radius 1 is 0.794 bits per heavy atom. The summed E-state index contributed by atoms with van der Waals surface area (Å²) in [7, 11) is 0. The largest absolute Gasteiger partial charge is 0.489 e. The molecule has 0 fully saturated rings. The zero-order valence-corrected chi connectivity index (χ0v) is 39.6. The van der Waals surface area contributed by atoms with Crippen LogP contribution in [0.25, 0.3) is 0 Å². The van der Waals surface area contributed by atoms with Crippen molar-refractivity contribution in [1.82, 2.24) is 10.2 Å². The Hall–Kier alpha value is -5.93. The molecule has 68 heavy (non-hydrogen) atoms. The molecule has 8 atom stereocenters. The second kappa shape index (κ2) is 18.2. The lowest BCUT2D eigenvalue weighted by Gasteiger charge is -2.38. The number of fused-ring (bicyclic) bond motifs is 5. The maximum Gasteiger partial charge on any atom is 0.150 e. The highest BCUT2D eigenvalue weighted by molar-refractivity contribution is 6.11. The van der Waals surface area contributed by atoms with Crippen LogP contribution in [0, 0.1) is 35.8 Å². The van der Waals surface area contributed by atoms with E-state index in [1.54, 1.807) is 22.4 Å². The fourth-order valence-corrected chi connectivity index (χ4v) is 13.9. The zero-order valence-electron chi connectivity index (χ0n) is 39.6. The van der Waals surface area contributed by atoms with E-state index >= 15 is 0 Å². The smallest absolute Gasteiger partial charge is 0.150 e. The lowest BCUT2D eigenvalue weighted by molar-refractivity contribution is 0.191. The van der Waals surface area contributed by atoms with Crippen LogP contribution in [0.4, 0.5) is 0 Å². The van der Waals surface area contributed by atoms with Crippen LogP contribution in [0.3, 0.4) is 0 Å². The average Bonchev–Trinajstić information content (AvgIpc) is 3.95. The van der Waals surface area contributed by atoms with Gasteiger partial charge in [0.25, 0.3) is 0 Å². The summed E-state index contributed by atoms with van der Waals surface area (Å²) in [4.78, 5) is 19.6. The van der Waals surface area contributed by atoms with Gasteiger partial charge in [0.05, 0.1) is 6.04 Å². The molecule has 0 bridgehead atoms. The van der Waals surface area contributed by atoms with Crippen LogP contribution in [-0.2, 0) is 0 Å². The number of aliphatic imine (C=N–C) groups is 3. The number of benzene rings is 1. The third-order valence-corrected chi connectivity index (χ3v) is 17.2. The van der Waals surface area contributed by atoms with Crippen molar-refractivity contribution in [2.75, 3.05) is 0 Å². The Balaban J connectivity index is 0.908. The molecule has 7 aliphatic carbocycles. The number of amidine groups is 2. The molecule has 0 amide bonds. The van der Waals surface area contributed by atoms with Gasteiger partial charge in [0, 0.05) is 70.4 Å². The van der Waals surface area contributed by atoms with Crippen molar-refractivity contribution in [3.05, 3.63) is 183 Å². The first-order chi connectivity index (χ1) is 33.7. The molecular weight excluding hydrogens is 831 g/mol. The summed E-state index contributed by atoms with van der Waals surface area (Å²) < 4.78 is 7.14. The molecule has 0 radical (unpaired) electrons. The van der Waals surface area contributed by atoms with Crippen molar-refractivity contribution in [2.45, 2.75) is 146 Å². The maximum atomic E-state index is 7.14. The van der Waals surface area contributed by atoms with Crippen LogP contribution >= 0.6 is 0 Å². The molecule has 11 aliphatic rings. The first kappa shape index (κ1) is 42.2. The van der Waals surface area contributed by atoms with Gasteiger partial charge in [0.1, 0.15) is 29.7 Å². The van der Waals surface area contributed by atoms with Crippen molar-refractivity contribution in [1.29, 1.82) is 0 Å².